The first-order valence-electron chi connectivity index (χ1n) is 17.6. The average molecular weight is 774 g/mol. The maximum Gasteiger partial charge on any atom is 0.255 e. The van der Waals surface area contributed by atoms with Gasteiger partial charge in [0.05, 0.1) is 61.4 Å². The van der Waals surface area contributed by atoms with Crippen LogP contribution >= 0.6 is 11.6 Å². The monoisotopic (exact) mass is 773 g/mol. The maximum absolute atomic E-state index is 12.7. The van der Waals surface area contributed by atoms with Crippen molar-refractivity contribution in [3.63, 3.8) is 0 Å². The number of aromatic nitrogens is 1. The fourth-order valence-electron chi connectivity index (χ4n) is 6.30. The van der Waals surface area contributed by atoms with Crippen LogP contribution in [0.4, 0.5) is 5.69 Å². The number of amides is 1. The molecule has 0 aliphatic carbocycles. The Labute approximate surface area is 324 Å². The lowest BCUT2D eigenvalue weighted by molar-refractivity contribution is 0.0935. The van der Waals surface area contributed by atoms with E-state index >= 15 is 0 Å². The number of ether oxygens (including phenoxy) is 8. The number of halogens is 1. The van der Waals surface area contributed by atoms with E-state index in [1.54, 1.807) is 73.0 Å². The lowest BCUT2D eigenvalue weighted by Gasteiger charge is -2.28. The molecule has 290 valence electrons. The third-order valence-electron chi connectivity index (χ3n) is 9.10. The molecule has 5 aromatic rings. The van der Waals surface area contributed by atoms with Gasteiger partial charge in [-0.1, -0.05) is 22.8 Å². The van der Waals surface area contributed by atoms with Crippen LogP contribution in [-0.4, -0.2) is 66.9 Å². The summed E-state index contributed by atoms with van der Waals surface area (Å²) in [4.78, 5) is 12.7. The molecule has 6 rings (SSSR count). The highest BCUT2D eigenvalue weighted by Crippen LogP contribution is 2.46. The minimum Gasteiger partial charge on any atom is -0.493 e. The summed E-state index contributed by atoms with van der Waals surface area (Å²) in [6.07, 6.45) is 3.07. The van der Waals surface area contributed by atoms with Crippen molar-refractivity contribution in [3.05, 3.63) is 82.9 Å². The SMILES string of the molecule is COc1cc(C2NC(=O)c3cc(Cl)ccc3N2)ccc1OCCCCCCOc1c(OC)ccc(-c2cc(-c3cc(OC)c(OC)c(OC)c3)on2)c1OC. The van der Waals surface area contributed by atoms with Gasteiger partial charge in [-0.3, -0.25) is 4.79 Å². The Hall–Kier alpha value is -5.95. The van der Waals surface area contributed by atoms with Crippen LogP contribution in [-0.2, 0) is 0 Å². The summed E-state index contributed by atoms with van der Waals surface area (Å²) in [6, 6.07) is 19.9. The molecule has 14 heteroatoms. The highest BCUT2D eigenvalue weighted by molar-refractivity contribution is 6.31. The molecule has 1 aromatic heterocycles. The largest absolute Gasteiger partial charge is 0.493 e. The van der Waals surface area contributed by atoms with Crippen molar-refractivity contribution < 1.29 is 47.2 Å². The first kappa shape index (κ1) is 38.8. The molecule has 1 aliphatic rings. The van der Waals surface area contributed by atoms with Crippen LogP contribution in [0.5, 0.6) is 46.0 Å². The van der Waals surface area contributed by atoms with Gasteiger partial charge in [-0.2, -0.15) is 0 Å². The Balaban J connectivity index is 1.01. The second kappa shape index (κ2) is 17.9. The molecule has 0 radical (unpaired) electrons. The Morgan fingerprint density at radius 2 is 1.29 bits per heavy atom. The van der Waals surface area contributed by atoms with Gasteiger partial charge in [-0.05, 0) is 85.8 Å². The number of carbonyl (C=O) groups excluding carboxylic acids is 1. The standard InChI is InChI=1S/C41H44ClN3O10/c1-47-32-16-13-27(30-23-33(55-45-30)25-20-35(49-3)38(52-6)36(21-25)50-4)37(51-5)39(32)54-18-10-8-7-9-17-53-31-15-11-24(19-34(31)48-2)40-43-29-14-12-26(42)22-28(29)41(46)44-40/h11-16,19-23,40,43H,7-10,17-18H2,1-6H3,(H,44,46). The minimum absolute atomic E-state index is 0.201. The summed E-state index contributed by atoms with van der Waals surface area (Å²) >= 11 is 6.07. The normalized spacial score (nSPS) is 13.2. The first-order valence-corrected chi connectivity index (χ1v) is 18.0. The predicted octanol–water partition coefficient (Wildman–Crippen LogP) is 8.59. The van der Waals surface area contributed by atoms with E-state index in [2.05, 4.69) is 15.8 Å². The number of methoxy groups -OCH3 is 6. The molecule has 2 heterocycles. The number of carbonyl (C=O) groups is 1. The number of hydrogen-bond acceptors (Lipinski definition) is 12. The molecule has 2 N–H and O–H groups in total. The van der Waals surface area contributed by atoms with E-state index in [1.807, 2.05) is 36.4 Å². The Morgan fingerprint density at radius 1 is 0.618 bits per heavy atom. The number of hydrogen-bond donors (Lipinski definition) is 2. The van der Waals surface area contributed by atoms with Crippen molar-refractivity contribution in [1.82, 2.24) is 10.5 Å². The zero-order valence-electron chi connectivity index (χ0n) is 31.6. The summed E-state index contributed by atoms with van der Waals surface area (Å²) in [6.45, 7) is 0.966. The molecule has 1 amide bonds. The molecule has 0 bridgehead atoms. The third-order valence-corrected chi connectivity index (χ3v) is 9.34. The average Bonchev–Trinajstić information content (AvgIpc) is 3.71. The van der Waals surface area contributed by atoms with Crippen molar-refractivity contribution in [2.75, 3.05) is 61.2 Å². The number of nitrogens with one attached hydrogen (secondary N) is 2. The molecule has 4 aromatic carbocycles. The predicted molar refractivity (Wildman–Crippen MR) is 208 cm³/mol. The maximum atomic E-state index is 12.7. The Bertz CT molecular complexity index is 2100. The molecule has 13 nitrogen and oxygen atoms in total. The van der Waals surface area contributed by atoms with Crippen molar-refractivity contribution in [2.24, 2.45) is 0 Å². The molecule has 0 saturated heterocycles. The van der Waals surface area contributed by atoms with E-state index in [4.69, 9.17) is 54.0 Å². The zero-order chi connectivity index (χ0) is 38.9. The van der Waals surface area contributed by atoms with Crippen LogP contribution in [0.3, 0.4) is 0 Å². The number of rotatable bonds is 18. The van der Waals surface area contributed by atoms with Crippen LogP contribution in [0.25, 0.3) is 22.6 Å². The van der Waals surface area contributed by atoms with E-state index in [0.29, 0.717) is 98.1 Å². The van der Waals surface area contributed by atoms with E-state index in [0.717, 1.165) is 31.2 Å². The molecular weight excluding hydrogens is 730 g/mol. The van der Waals surface area contributed by atoms with Gasteiger partial charge in [-0.25, -0.2) is 0 Å². The van der Waals surface area contributed by atoms with Crippen LogP contribution in [0, 0.1) is 0 Å². The fraction of sp³-hybridized carbons (Fsp3) is 0.317. The number of anilines is 1. The number of fused-ring (bicyclic) bond motifs is 1. The van der Waals surface area contributed by atoms with Gasteiger partial charge in [0, 0.05) is 27.9 Å². The summed E-state index contributed by atoms with van der Waals surface area (Å²) in [7, 11) is 9.42. The van der Waals surface area contributed by atoms with Gasteiger partial charge in [0.15, 0.2) is 40.3 Å². The number of benzene rings is 4. The van der Waals surface area contributed by atoms with E-state index in [1.165, 1.54) is 0 Å². The molecule has 0 saturated carbocycles. The van der Waals surface area contributed by atoms with Crippen molar-refractivity contribution >= 4 is 23.2 Å². The molecule has 55 heavy (non-hydrogen) atoms. The van der Waals surface area contributed by atoms with Crippen LogP contribution in [0.1, 0.15) is 47.8 Å². The summed E-state index contributed by atoms with van der Waals surface area (Å²) in [5.41, 5.74) is 3.97. The molecule has 1 unspecified atom stereocenters. The van der Waals surface area contributed by atoms with Gasteiger partial charge in [-0.15, -0.1) is 0 Å². The second-order valence-corrected chi connectivity index (χ2v) is 12.9. The van der Waals surface area contributed by atoms with Gasteiger partial charge in [0.25, 0.3) is 5.91 Å². The minimum atomic E-state index is -0.427. The fourth-order valence-corrected chi connectivity index (χ4v) is 6.47. The van der Waals surface area contributed by atoms with Crippen LogP contribution in [0.15, 0.2) is 71.3 Å². The molecule has 1 aliphatic heterocycles. The molecule has 0 fully saturated rings. The van der Waals surface area contributed by atoms with Gasteiger partial charge in [0.1, 0.15) is 11.9 Å². The van der Waals surface area contributed by atoms with E-state index in [-0.39, 0.29) is 5.91 Å². The van der Waals surface area contributed by atoms with Crippen molar-refractivity contribution in [2.45, 2.75) is 31.8 Å². The topological polar surface area (TPSA) is 141 Å². The number of unbranched alkanes of at least 4 members (excludes halogenated alkanes) is 3. The lowest BCUT2D eigenvalue weighted by Crippen LogP contribution is -2.38. The molecule has 0 spiro atoms. The van der Waals surface area contributed by atoms with E-state index < -0.39 is 6.17 Å². The van der Waals surface area contributed by atoms with Gasteiger partial charge in [0.2, 0.25) is 11.5 Å². The lowest BCUT2D eigenvalue weighted by atomic mass is 10.1. The molecule has 1 atom stereocenters. The van der Waals surface area contributed by atoms with Crippen molar-refractivity contribution in [1.29, 1.82) is 0 Å². The van der Waals surface area contributed by atoms with Crippen LogP contribution < -0.4 is 48.5 Å². The first-order chi connectivity index (χ1) is 26.8. The quantitative estimate of drug-likeness (QED) is 0.0824. The smallest absolute Gasteiger partial charge is 0.255 e. The Morgan fingerprint density at radius 3 is 1.96 bits per heavy atom. The van der Waals surface area contributed by atoms with Gasteiger partial charge >= 0.3 is 0 Å². The molecular formula is C41H44ClN3O10. The zero-order valence-corrected chi connectivity index (χ0v) is 32.3. The van der Waals surface area contributed by atoms with Gasteiger partial charge < -0.3 is 53.1 Å². The summed E-state index contributed by atoms with van der Waals surface area (Å²) in [5.74, 6) is 4.48. The third kappa shape index (κ3) is 8.57. The Kier molecular flexibility index (Phi) is 12.6. The number of nitrogens with zero attached hydrogens (tertiary/aromatic N) is 1. The van der Waals surface area contributed by atoms with Crippen LogP contribution in [0.2, 0.25) is 5.02 Å². The summed E-state index contributed by atoms with van der Waals surface area (Å²) in [5, 5.41) is 11.1. The van der Waals surface area contributed by atoms with E-state index in [9.17, 15) is 4.79 Å². The highest BCUT2D eigenvalue weighted by Gasteiger charge is 2.26. The van der Waals surface area contributed by atoms with Crippen molar-refractivity contribution in [3.8, 4) is 68.6 Å². The summed E-state index contributed by atoms with van der Waals surface area (Å²) < 4.78 is 51.6. The highest BCUT2D eigenvalue weighted by atomic mass is 35.5. The second-order valence-electron chi connectivity index (χ2n) is 12.4.